The van der Waals surface area contributed by atoms with Crippen LogP contribution in [0.15, 0.2) is 42.5 Å². The summed E-state index contributed by atoms with van der Waals surface area (Å²) in [6.07, 6.45) is 0. The molecule has 2 aromatic carbocycles. The van der Waals surface area contributed by atoms with Gasteiger partial charge in [-0.05, 0) is 57.6 Å². The van der Waals surface area contributed by atoms with Crippen molar-refractivity contribution in [1.82, 2.24) is 15.2 Å². The van der Waals surface area contributed by atoms with Crippen LogP contribution in [0.3, 0.4) is 0 Å². The van der Waals surface area contributed by atoms with E-state index >= 15 is 0 Å². The van der Waals surface area contributed by atoms with Crippen LogP contribution in [0.2, 0.25) is 0 Å². The van der Waals surface area contributed by atoms with Crippen LogP contribution in [0.4, 0.5) is 0 Å². The summed E-state index contributed by atoms with van der Waals surface area (Å²) in [5, 5.41) is 4.28. The van der Waals surface area contributed by atoms with Crippen LogP contribution >= 0.6 is 0 Å². The highest BCUT2D eigenvalue weighted by Crippen LogP contribution is 2.32. The molecule has 0 fully saturated rings. The third kappa shape index (κ3) is 3.51. The van der Waals surface area contributed by atoms with E-state index in [0.717, 1.165) is 16.8 Å². The van der Waals surface area contributed by atoms with Crippen molar-refractivity contribution in [1.29, 1.82) is 0 Å². The maximum atomic E-state index is 12.3. The van der Waals surface area contributed by atoms with Gasteiger partial charge in [0.25, 0.3) is 0 Å². The predicted octanol–water partition coefficient (Wildman–Crippen LogP) is 4.02. The minimum atomic E-state index is -0.152. The number of rotatable bonds is 5. The number of H-pyrrole nitrogens is 1. The predicted molar refractivity (Wildman–Crippen MR) is 108 cm³/mol. The molecule has 0 saturated carbocycles. The molecular formula is C22H27N3O. The van der Waals surface area contributed by atoms with Gasteiger partial charge in [0.2, 0.25) is 5.91 Å². The molecule has 0 radical (unpaired) electrons. The molecule has 1 heterocycles. The van der Waals surface area contributed by atoms with E-state index in [9.17, 15) is 4.79 Å². The Morgan fingerprint density at radius 3 is 2.50 bits per heavy atom. The monoisotopic (exact) mass is 349 g/mol. The number of fused-ring (bicyclic) bond motifs is 1. The number of benzene rings is 2. The molecule has 1 unspecified atom stereocenters. The summed E-state index contributed by atoms with van der Waals surface area (Å²) in [6, 6.07) is 14.6. The molecule has 3 rings (SSSR count). The minimum Gasteiger partial charge on any atom is -0.354 e. The zero-order valence-electron chi connectivity index (χ0n) is 16.2. The number of likely N-dealkylation sites (N-methyl/N-ethyl adjacent to an activating group) is 1. The Kier molecular flexibility index (Phi) is 5.14. The maximum Gasteiger partial charge on any atom is 0.237 e. The van der Waals surface area contributed by atoms with E-state index < -0.39 is 0 Å². The Bertz CT molecular complexity index is 925. The molecule has 4 heteroatoms. The molecule has 0 spiro atoms. The molecule has 0 saturated heterocycles. The van der Waals surface area contributed by atoms with Gasteiger partial charge in [-0.15, -0.1) is 0 Å². The van der Waals surface area contributed by atoms with Crippen LogP contribution in [-0.4, -0.2) is 35.9 Å². The molecule has 136 valence electrons. The lowest BCUT2D eigenvalue weighted by Crippen LogP contribution is -2.41. The molecule has 0 bridgehead atoms. The van der Waals surface area contributed by atoms with E-state index in [4.69, 9.17) is 0 Å². The average molecular weight is 349 g/mol. The highest BCUT2D eigenvalue weighted by atomic mass is 16.2. The van der Waals surface area contributed by atoms with Crippen LogP contribution in [-0.2, 0) is 11.3 Å². The van der Waals surface area contributed by atoms with E-state index in [1.807, 2.05) is 32.0 Å². The standard InChI is InChI=1S/C22H27N3O/c1-14-11-18(13-23-22(26)16(3)25(4)5)21-19(12-14)15(2)20(24-21)17-9-7-6-8-10-17/h6-12,16,24H,13H2,1-5H3,(H,23,26). The van der Waals surface area contributed by atoms with Crippen molar-refractivity contribution in [2.24, 2.45) is 0 Å². The Hall–Kier alpha value is -2.59. The van der Waals surface area contributed by atoms with Crippen molar-refractivity contribution >= 4 is 16.8 Å². The van der Waals surface area contributed by atoms with Crippen molar-refractivity contribution in [3.8, 4) is 11.3 Å². The van der Waals surface area contributed by atoms with Gasteiger partial charge in [-0.3, -0.25) is 9.69 Å². The van der Waals surface area contributed by atoms with Gasteiger partial charge in [-0.25, -0.2) is 0 Å². The molecule has 1 atom stereocenters. The van der Waals surface area contributed by atoms with Gasteiger partial charge in [-0.1, -0.05) is 42.0 Å². The number of amides is 1. The third-order valence-electron chi connectivity index (χ3n) is 5.06. The fourth-order valence-corrected chi connectivity index (χ4v) is 3.26. The highest BCUT2D eigenvalue weighted by Gasteiger charge is 2.16. The molecule has 2 N–H and O–H groups in total. The van der Waals surface area contributed by atoms with E-state index in [1.165, 1.54) is 22.1 Å². The Labute approximate surface area is 155 Å². The number of nitrogens with one attached hydrogen (secondary N) is 2. The van der Waals surface area contributed by atoms with Gasteiger partial charge in [0, 0.05) is 17.6 Å². The van der Waals surface area contributed by atoms with Crippen LogP contribution in [0.25, 0.3) is 22.2 Å². The number of carbonyl (C=O) groups excluding carboxylic acids is 1. The number of aryl methyl sites for hydroxylation is 2. The first kappa shape index (κ1) is 18.2. The number of nitrogens with zero attached hydrogens (tertiary/aromatic N) is 1. The van der Waals surface area contributed by atoms with Gasteiger partial charge >= 0.3 is 0 Å². The minimum absolute atomic E-state index is 0.0382. The molecule has 0 aliphatic carbocycles. The highest BCUT2D eigenvalue weighted by molar-refractivity contribution is 5.93. The second kappa shape index (κ2) is 7.34. The Morgan fingerprint density at radius 2 is 1.85 bits per heavy atom. The topological polar surface area (TPSA) is 48.1 Å². The molecule has 0 aliphatic rings. The fraction of sp³-hybridized carbons (Fsp3) is 0.318. The summed E-state index contributed by atoms with van der Waals surface area (Å²) in [7, 11) is 3.82. The molecule has 4 nitrogen and oxygen atoms in total. The van der Waals surface area contributed by atoms with Crippen LogP contribution in [0, 0.1) is 13.8 Å². The van der Waals surface area contributed by atoms with E-state index in [-0.39, 0.29) is 11.9 Å². The van der Waals surface area contributed by atoms with Crippen molar-refractivity contribution in [3.05, 3.63) is 59.2 Å². The van der Waals surface area contributed by atoms with E-state index in [0.29, 0.717) is 6.54 Å². The Morgan fingerprint density at radius 1 is 1.15 bits per heavy atom. The third-order valence-corrected chi connectivity index (χ3v) is 5.06. The summed E-state index contributed by atoms with van der Waals surface area (Å²) in [4.78, 5) is 17.8. The average Bonchev–Trinajstić information content (AvgIpc) is 2.96. The van der Waals surface area contributed by atoms with E-state index in [1.54, 1.807) is 0 Å². The molecule has 0 aliphatic heterocycles. The summed E-state index contributed by atoms with van der Waals surface area (Å²) in [5.74, 6) is 0.0382. The van der Waals surface area contributed by atoms with Crippen molar-refractivity contribution < 1.29 is 4.79 Å². The summed E-state index contributed by atoms with van der Waals surface area (Å²) < 4.78 is 0. The normalized spacial score (nSPS) is 12.5. The Balaban J connectivity index is 1.97. The van der Waals surface area contributed by atoms with Gasteiger partial charge in [0.05, 0.1) is 11.6 Å². The second-order valence-electron chi connectivity index (χ2n) is 7.20. The number of hydrogen-bond donors (Lipinski definition) is 2. The number of hydrogen-bond acceptors (Lipinski definition) is 2. The summed E-state index contributed by atoms with van der Waals surface area (Å²) in [5.41, 5.74) is 6.97. The molecular weight excluding hydrogens is 322 g/mol. The molecule has 1 amide bonds. The molecule has 1 aromatic heterocycles. The van der Waals surface area contributed by atoms with Gasteiger partial charge in [0.15, 0.2) is 0 Å². The lowest BCUT2D eigenvalue weighted by atomic mass is 10.0. The first-order valence-electron chi connectivity index (χ1n) is 9.00. The number of carbonyl (C=O) groups is 1. The number of aromatic nitrogens is 1. The maximum absolute atomic E-state index is 12.3. The zero-order valence-corrected chi connectivity index (χ0v) is 16.2. The second-order valence-corrected chi connectivity index (χ2v) is 7.20. The first-order valence-corrected chi connectivity index (χ1v) is 9.00. The van der Waals surface area contributed by atoms with Gasteiger partial charge in [0.1, 0.15) is 0 Å². The SMILES string of the molecule is Cc1cc(CNC(=O)C(C)N(C)C)c2[nH]c(-c3ccccc3)c(C)c2c1. The largest absolute Gasteiger partial charge is 0.354 e. The molecule has 26 heavy (non-hydrogen) atoms. The lowest BCUT2D eigenvalue weighted by molar-refractivity contribution is -0.125. The molecule has 3 aromatic rings. The fourth-order valence-electron chi connectivity index (χ4n) is 3.26. The van der Waals surface area contributed by atoms with Crippen LogP contribution < -0.4 is 5.32 Å². The van der Waals surface area contributed by atoms with Crippen molar-refractivity contribution in [2.45, 2.75) is 33.4 Å². The summed E-state index contributed by atoms with van der Waals surface area (Å²) in [6.45, 7) is 6.68. The smallest absolute Gasteiger partial charge is 0.237 e. The quantitative estimate of drug-likeness (QED) is 0.731. The van der Waals surface area contributed by atoms with Gasteiger partial charge in [-0.2, -0.15) is 0 Å². The summed E-state index contributed by atoms with van der Waals surface area (Å²) >= 11 is 0. The van der Waals surface area contributed by atoms with Crippen molar-refractivity contribution in [3.63, 3.8) is 0 Å². The van der Waals surface area contributed by atoms with Gasteiger partial charge < -0.3 is 10.3 Å². The number of aromatic amines is 1. The van der Waals surface area contributed by atoms with Crippen molar-refractivity contribution in [2.75, 3.05) is 14.1 Å². The van der Waals surface area contributed by atoms with Crippen LogP contribution in [0.1, 0.15) is 23.6 Å². The first-order chi connectivity index (χ1) is 12.4. The van der Waals surface area contributed by atoms with Crippen LogP contribution in [0.5, 0.6) is 0 Å². The van der Waals surface area contributed by atoms with E-state index in [2.05, 4.69) is 60.5 Å². The lowest BCUT2D eigenvalue weighted by Gasteiger charge is -2.19. The zero-order chi connectivity index (χ0) is 18.8.